The quantitative estimate of drug-likeness (QED) is 0.729. The van der Waals surface area contributed by atoms with Crippen molar-refractivity contribution in [2.24, 2.45) is 0 Å². The fraction of sp³-hybridized carbons (Fsp3) is 0.400. The Labute approximate surface area is 72.6 Å². The number of hydrogen-bond acceptors (Lipinski definition) is 1. The molecule has 0 radical (unpaired) electrons. The highest BCUT2D eigenvalue weighted by Gasteiger charge is 2.02. The third-order valence-corrected chi connectivity index (χ3v) is 1.77. The number of nitrogens with one attached hydrogen (secondary N) is 1. The summed E-state index contributed by atoms with van der Waals surface area (Å²) in [7, 11) is 0. The van der Waals surface area contributed by atoms with E-state index in [2.05, 4.69) is 12.2 Å². The van der Waals surface area contributed by atoms with Gasteiger partial charge in [0.25, 0.3) is 0 Å². The van der Waals surface area contributed by atoms with E-state index in [1.54, 1.807) is 6.07 Å². The van der Waals surface area contributed by atoms with Gasteiger partial charge in [-0.1, -0.05) is 19.1 Å². The molecule has 0 aliphatic carbocycles. The van der Waals surface area contributed by atoms with Crippen molar-refractivity contribution in [1.29, 1.82) is 0 Å². The van der Waals surface area contributed by atoms with Gasteiger partial charge in [0.2, 0.25) is 0 Å². The van der Waals surface area contributed by atoms with Crippen LogP contribution in [-0.4, -0.2) is 6.54 Å². The molecule has 0 aliphatic heterocycles. The minimum atomic E-state index is -0.163. The first-order chi connectivity index (χ1) is 5.75. The van der Waals surface area contributed by atoms with E-state index >= 15 is 0 Å². The first kappa shape index (κ1) is 9.04. The molecule has 1 aromatic rings. The van der Waals surface area contributed by atoms with Crippen LogP contribution in [-0.2, 0) is 0 Å². The topological polar surface area (TPSA) is 12.0 Å². The van der Waals surface area contributed by atoms with Crippen LogP contribution >= 0.6 is 0 Å². The Balaban J connectivity index is 2.81. The van der Waals surface area contributed by atoms with E-state index in [0.717, 1.165) is 18.5 Å². The molecule has 0 aliphatic rings. The molecule has 0 saturated carbocycles. The smallest absolute Gasteiger partial charge is 0.146 e. The monoisotopic (exact) mass is 167 g/mol. The second-order valence-corrected chi connectivity index (χ2v) is 2.86. The SMILES string of the molecule is CCCNc1c(C)cccc1F. The number of aryl methyl sites for hydroxylation is 1. The Morgan fingerprint density at radius 2 is 2.17 bits per heavy atom. The molecule has 66 valence electrons. The number of rotatable bonds is 3. The van der Waals surface area contributed by atoms with E-state index in [1.807, 2.05) is 13.0 Å². The van der Waals surface area contributed by atoms with Gasteiger partial charge in [0, 0.05) is 6.54 Å². The van der Waals surface area contributed by atoms with Crippen molar-refractivity contribution >= 4 is 5.69 Å². The summed E-state index contributed by atoms with van der Waals surface area (Å²) in [6.07, 6.45) is 1.01. The number of halogens is 1. The predicted octanol–water partition coefficient (Wildman–Crippen LogP) is 2.96. The van der Waals surface area contributed by atoms with E-state index in [0.29, 0.717) is 5.69 Å². The van der Waals surface area contributed by atoms with Crippen LogP contribution in [0.25, 0.3) is 0 Å². The van der Waals surface area contributed by atoms with E-state index in [4.69, 9.17) is 0 Å². The molecule has 2 heteroatoms. The highest BCUT2D eigenvalue weighted by Crippen LogP contribution is 2.18. The molecule has 1 nitrogen and oxygen atoms in total. The van der Waals surface area contributed by atoms with Crippen molar-refractivity contribution in [3.05, 3.63) is 29.6 Å². The van der Waals surface area contributed by atoms with E-state index in [-0.39, 0.29) is 5.82 Å². The maximum atomic E-state index is 13.1. The van der Waals surface area contributed by atoms with Gasteiger partial charge >= 0.3 is 0 Å². The number of anilines is 1. The Morgan fingerprint density at radius 3 is 2.75 bits per heavy atom. The van der Waals surface area contributed by atoms with Gasteiger partial charge in [-0.25, -0.2) is 4.39 Å². The van der Waals surface area contributed by atoms with Crippen LogP contribution in [0.4, 0.5) is 10.1 Å². The lowest BCUT2D eigenvalue weighted by Gasteiger charge is -2.08. The second kappa shape index (κ2) is 4.10. The summed E-state index contributed by atoms with van der Waals surface area (Å²) in [5.74, 6) is -0.163. The molecule has 0 fully saturated rings. The normalized spacial score (nSPS) is 9.92. The Morgan fingerprint density at radius 1 is 1.42 bits per heavy atom. The number of benzene rings is 1. The van der Waals surface area contributed by atoms with Gasteiger partial charge in [0.1, 0.15) is 5.82 Å². The van der Waals surface area contributed by atoms with E-state index in [9.17, 15) is 4.39 Å². The van der Waals surface area contributed by atoms with Crippen molar-refractivity contribution in [3.8, 4) is 0 Å². The summed E-state index contributed by atoms with van der Waals surface area (Å²) in [5, 5.41) is 3.06. The van der Waals surface area contributed by atoms with Crippen molar-refractivity contribution in [1.82, 2.24) is 0 Å². The largest absolute Gasteiger partial charge is 0.382 e. The molecule has 0 aromatic heterocycles. The lowest BCUT2D eigenvalue weighted by Crippen LogP contribution is -2.03. The van der Waals surface area contributed by atoms with Crippen LogP contribution < -0.4 is 5.32 Å². The van der Waals surface area contributed by atoms with Gasteiger partial charge in [-0.15, -0.1) is 0 Å². The van der Waals surface area contributed by atoms with E-state index in [1.165, 1.54) is 6.07 Å². The van der Waals surface area contributed by atoms with Crippen LogP contribution in [0.1, 0.15) is 18.9 Å². The van der Waals surface area contributed by atoms with Crippen molar-refractivity contribution in [3.63, 3.8) is 0 Å². The average molecular weight is 167 g/mol. The zero-order valence-electron chi connectivity index (χ0n) is 7.52. The average Bonchev–Trinajstić information content (AvgIpc) is 2.04. The summed E-state index contributed by atoms with van der Waals surface area (Å²) >= 11 is 0. The summed E-state index contributed by atoms with van der Waals surface area (Å²) < 4.78 is 13.1. The lowest BCUT2D eigenvalue weighted by molar-refractivity contribution is 0.629. The molecule has 1 N–H and O–H groups in total. The molecule has 0 saturated heterocycles. The maximum Gasteiger partial charge on any atom is 0.146 e. The summed E-state index contributed by atoms with van der Waals surface area (Å²) in [6, 6.07) is 5.11. The van der Waals surface area contributed by atoms with Gasteiger partial charge < -0.3 is 5.32 Å². The number of hydrogen-bond donors (Lipinski definition) is 1. The Bertz CT molecular complexity index is 238. The van der Waals surface area contributed by atoms with Crippen LogP contribution in [0.15, 0.2) is 18.2 Å². The fourth-order valence-electron chi connectivity index (χ4n) is 1.11. The molecule has 0 spiro atoms. The molecule has 12 heavy (non-hydrogen) atoms. The fourth-order valence-corrected chi connectivity index (χ4v) is 1.11. The molecule has 1 rings (SSSR count). The molecule has 0 heterocycles. The zero-order chi connectivity index (χ0) is 8.97. The summed E-state index contributed by atoms with van der Waals surface area (Å²) in [6.45, 7) is 4.78. The second-order valence-electron chi connectivity index (χ2n) is 2.86. The van der Waals surface area contributed by atoms with Crippen LogP contribution in [0.2, 0.25) is 0 Å². The Hall–Kier alpha value is -1.05. The molecule has 0 bridgehead atoms. The maximum absolute atomic E-state index is 13.1. The molecule has 0 unspecified atom stereocenters. The highest BCUT2D eigenvalue weighted by atomic mass is 19.1. The standard InChI is InChI=1S/C10H14FN/c1-3-7-12-10-8(2)5-4-6-9(10)11/h4-6,12H,3,7H2,1-2H3. The number of para-hydroxylation sites is 1. The highest BCUT2D eigenvalue weighted by molar-refractivity contribution is 5.51. The van der Waals surface area contributed by atoms with Crippen LogP contribution in [0.5, 0.6) is 0 Å². The summed E-state index contributed by atoms with van der Waals surface area (Å²) in [4.78, 5) is 0. The van der Waals surface area contributed by atoms with Crippen molar-refractivity contribution in [2.75, 3.05) is 11.9 Å². The third kappa shape index (κ3) is 1.97. The first-order valence-electron chi connectivity index (χ1n) is 4.24. The molecule has 0 atom stereocenters. The molecular weight excluding hydrogens is 153 g/mol. The Kier molecular flexibility index (Phi) is 3.09. The zero-order valence-corrected chi connectivity index (χ0v) is 7.52. The minimum Gasteiger partial charge on any atom is -0.382 e. The molecular formula is C10H14FN. The van der Waals surface area contributed by atoms with E-state index < -0.39 is 0 Å². The van der Waals surface area contributed by atoms with Gasteiger partial charge in [0.05, 0.1) is 5.69 Å². The van der Waals surface area contributed by atoms with Crippen LogP contribution in [0.3, 0.4) is 0 Å². The molecule has 1 aromatic carbocycles. The van der Waals surface area contributed by atoms with Gasteiger partial charge in [-0.3, -0.25) is 0 Å². The third-order valence-electron chi connectivity index (χ3n) is 1.77. The van der Waals surface area contributed by atoms with Crippen LogP contribution in [0, 0.1) is 12.7 Å². The van der Waals surface area contributed by atoms with Gasteiger partial charge in [-0.2, -0.15) is 0 Å². The molecule has 0 amide bonds. The van der Waals surface area contributed by atoms with Crippen molar-refractivity contribution < 1.29 is 4.39 Å². The lowest BCUT2D eigenvalue weighted by atomic mass is 10.2. The first-order valence-corrected chi connectivity index (χ1v) is 4.24. The predicted molar refractivity (Wildman–Crippen MR) is 49.9 cm³/mol. The minimum absolute atomic E-state index is 0.163. The summed E-state index contributed by atoms with van der Waals surface area (Å²) in [5.41, 5.74) is 1.60. The van der Waals surface area contributed by atoms with Crippen molar-refractivity contribution in [2.45, 2.75) is 20.3 Å². The van der Waals surface area contributed by atoms with Gasteiger partial charge in [0.15, 0.2) is 0 Å². The van der Waals surface area contributed by atoms with Gasteiger partial charge in [-0.05, 0) is 25.0 Å².